The van der Waals surface area contributed by atoms with Crippen molar-refractivity contribution in [3.05, 3.63) is 29.3 Å². The number of nitrogen functional groups attached to an aromatic ring is 1. The molecule has 1 aromatic rings. The highest BCUT2D eigenvalue weighted by molar-refractivity contribution is 7.89. The Labute approximate surface area is 115 Å². The van der Waals surface area contributed by atoms with Crippen molar-refractivity contribution in [2.75, 3.05) is 25.1 Å². The average Bonchev–Trinajstić information content (AvgIpc) is 2.77. The molecular formula is C13H18N2O3S. The Bertz CT molecular complexity index is 479. The Balaban J connectivity index is 2.22. The lowest BCUT2D eigenvalue weighted by atomic mass is 9.94. The molecule has 5 nitrogen and oxygen atoms in total. The summed E-state index contributed by atoms with van der Waals surface area (Å²) in [5.74, 6) is 0.638. The Morgan fingerprint density at radius 1 is 1.63 bits per heavy atom. The predicted molar refractivity (Wildman–Crippen MR) is 75.6 cm³/mol. The second-order valence-corrected chi connectivity index (χ2v) is 6.33. The summed E-state index contributed by atoms with van der Waals surface area (Å²) >= 11 is -0.938. The minimum atomic E-state index is -0.938. The van der Waals surface area contributed by atoms with Gasteiger partial charge < -0.3 is 20.3 Å². The number of benzene rings is 1. The topological polar surface area (TPSA) is 89.6 Å². The van der Waals surface area contributed by atoms with Crippen molar-refractivity contribution in [3.8, 4) is 0 Å². The molecule has 1 heterocycles. The van der Waals surface area contributed by atoms with Crippen molar-refractivity contribution in [3.63, 3.8) is 0 Å². The van der Waals surface area contributed by atoms with Crippen LogP contribution < -0.4 is 5.73 Å². The second-order valence-electron chi connectivity index (χ2n) is 4.89. The van der Waals surface area contributed by atoms with Crippen molar-refractivity contribution >= 4 is 23.0 Å². The van der Waals surface area contributed by atoms with Gasteiger partial charge in [-0.2, -0.15) is 0 Å². The lowest BCUT2D eigenvalue weighted by Gasteiger charge is -2.17. The third kappa shape index (κ3) is 3.33. The molecule has 1 fully saturated rings. The van der Waals surface area contributed by atoms with Crippen LogP contribution in [0.1, 0.15) is 23.5 Å². The third-order valence-electron chi connectivity index (χ3n) is 3.42. The van der Waals surface area contributed by atoms with E-state index < -0.39 is 17.3 Å². The molecule has 1 amide bonds. The maximum Gasteiger partial charge on any atom is 0.407 e. The Morgan fingerprint density at radius 3 is 2.95 bits per heavy atom. The highest BCUT2D eigenvalue weighted by Crippen LogP contribution is 2.31. The molecule has 0 saturated carbocycles. The Kier molecular flexibility index (Phi) is 4.21. The first-order chi connectivity index (χ1) is 8.97. The van der Waals surface area contributed by atoms with E-state index in [0.29, 0.717) is 24.5 Å². The zero-order valence-corrected chi connectivity index (χ0v) is 11.7. The molecule has 0 bridgehead atoms. The lowest BCUT2D eigenvalue weighted by molar-refractivity contribution is 0.155. The predicted octanol–water partition coefficient (Wildman–Crippen LogP) is 1.61. The van der Waals surface area contributed by atoms with E-state index in [4.69, 9.17) is 10.8 Å². The quantitative estimate of drug-likeness (QED) is 0.651. The third-order valence-corrected chi connectivity index (χ3v) is 4.14. The van der Waals surface area contributed by atoms with Crippen LogP contribution in [0.2, 0.25) is 0 Å². The lowest BCUT2D eigenvalue weighted by Crippen LogP contribution is -2.26. The fourth-order valence-corrected chi connectivity index (χ4v) is 3.24. The molecular weight excluding hydrogens is 264 g/mol. The largest absolute Gasteiger partial charge is 0.616 e. The first kappa shape index (κ1) is 14.0. The molecule has 104 valence electrons. The number of carboxylic acid groups (broad SMARTS) is 1. The van der Waals surface area contributed by atoms with Crippen LogP contribution in [-0.2, 0) is 16.9 Å². The van der Waals surface area contributed by atoms with Crippen molar-refractivity contribution in [2.45, 2.75) is 18.1 Å². The summed E-state index contributed by atoms with van der Waals surface area (Å²) in [7, 11) is 0. The molecule has 1 unspecified atom stereocenters. The molecule has 1 aromatic carbocycles. The van der Waals surface area contributed by atoms with E-state index in [2.05, 4.69) is 0 Å². The van der Waals surface area contributed by atoms with E-state index >= 15 is 0 Å². The van der Waals surface area contributed by atoms with Gasteiger partial charge in [-0.1, -0.05) is 17.2 Å². The van der Waals surface area contributed by atoms with Gasteiger partial charge in [0, 0.05) is 30.3 Å². The van der Waals surface area contributed by atoms with Gasteiger partial charge in [-0.3, -0.25) is 0 Å². The van der Waals surface area contributed by atoms with E-state index in [-0.39, 0.29) is 5.92 Å². The summed E-state index contributed by atoms with van der Waals surface area (Å²) in [4.78, 5) is 12.4. The normalized spacial score (nSPS) is 20.5. The smallest absolute Gasteiger partial charge is 0.407 e. The summed E-state index contributed by atoms with van der Waals surface area (Å²) in [6.45, 7) is 1.06. The average molecular weight is 282 g/mol. The maximum absolute atomic E-state index is 11.4. The molecule has 0 aliphatic carbocycles. The molecule has 2 atom stereocenters. The summed E-state index contributed by atoms with van der Waals surface area (Å²) < 4.78 is 11.4. The Hall–Kier alpha value is -1.40. The van der Waals surface area contributed by atoms with Crippen LogP contribution in [0.4, 0.5) is 10.5 Å². The van der Waals surface area contributed by atoms with Gasteiger partial charge in [-0.25, -0.2) is 4.79 Å². The highest BCUT2D eigenvalue weighted by Gasteiger charge is 2.28. The summed E-state index contributed by atoms with van der Waals surface area (Å²) in [5.41, 5.74) is 8.47. The molecule has 0 aromatic heterocycles. The molecule has 1 saturated heterocycles. The molecule has 1 aliphatic heterocycles. The molecule has 0 radical (unpaired) electrons. The molecule has 3 N–H and O–H groups in total. The van der Waals surface area contributed by atoms with E-state index in [1.165, 1.54) is 4.90 Å². The van der Waals surface area contributed by atoms with Gasteiger partial charge in [0.15, 0.2) is 0 Å². The van der Waals surface area contributed by atoms with E-state index in [0.717, 1.165) is 17.5 Å². The van der Waals surface area contributed by atoms with Crippen LogP contribution in [0.3, 0.4) is 0 Å². The van der Waals surface area contributed by atoms with Crippen molar-refractivity contribution in [1.29, 1.82) is 0 Å². The summed E-state index contributed by atoms with van der Waals surface area (Å²) in [6.07, 6.45) is 1.59. The monoisotopic (exact) mass is 282 g/mol. The first-order valence-corrected chi connectivity index (χ1v) is 7.86. The number of hydrogen-bond donors (Lipinski definition) is 2. The fourth-order valence-electron chi connectivity index (χ4n) is 2.56. The van der Waals surface area contributed by atoms with Gasteiger partial charge in [-0.05, 0) is 24.1 Å². The van der Waals surface area contributed by atoms with E-state index in [9.17, 15) is 9.35 Å². The van der Waals surface area contributed by atoms with Crippen LogP contribution in [0.5, 0.6) is 0 Å². The Morgan fingerprint density at radius 2 is 2.37 bits per heavy atom. The molecule has 0 spiro atoms. The molecule has 1 aliphatic rings. The van der Waals surface area contributed by atoms with E-state index in [1.807, 2.05) is 18.2 Å². The number of nitrogens with zero attached hydrogens (tertiary/aromatic N) is 1. The van der Waals surface area contributed by atoms with Crippen LogP contribution in [0.15, 0.2) is 18.2 Å². The van der Waals surface area contributed by atoms with Gasteiger partial charge in [0.05, 0.1) is 6.26 Å². The van der Waals surface area contributed by atoms with Crippen LogP contribution in [-0.4, -0.2) is 40.0 Å². The van der Waals surface area contributed by atoms with Gasteiger partial charge in [0.1, 0.15) is 5.75 Å². The van der Waals surface area contributed by atoms with Crippen molar-refractivity contribution in [2.24, 2.45) is 0 Å². The van der Waals surface area contributed by atoms with Gasteiger partial charge in [0.25, 0.3) is 0 Å². The molecule has 19 heavy (non-hydrogen) atoms. The number of likely N-dealkylation sites (tertiary alicyclic amines) is 1. The number of rotatable bonds is 3. The zero-order chi connectivity index (χ0) is 14.0. The minimum Gasteiger partial charge on any atom is -0.616 e. The highest BCUT2D eigenvalue weighted by atomic mass is 32.2. The van der Waals surface area contributed by atoms with Gasteiger partial charge in [-0.15, -0.1) is 0 Å². The number of anilines is 1. The molecule has 6 heteroatoms. The number of amides is 1. The number of carbonyl (C=O) groups is 1. The SMILES string of the molecule is C[S+]([O-])Cc1cc(N)ccc1[C@@H]1CCN(C(=O)O)C1. The van der Waals surface area contributed by atoms with Crippen LogP contribution in [0, 0.1) is 0 Å². The van der Waals surface area contributed by atoms with E-state index in [1.54, 1.807) is 6.26 Å². The standard InChI is InChI=1S/C13H18N2O3S/c1-19(18)8-10-6-11(14)2-3-12(10)9-4-5-15(7-9)13(16)17/h2-3,6,9H,4-5,7-8,14H2,1H3,(H,16,17)/t9-,19?/m1/s1. The van der Waals surface area contributed by atoms with Crippen molar-refractivity contribution in [1.82, 2.24) is 4.90 Å². The first-order valence-electron chi connectivity index (χ1n) is 6.13. The van der Waals surface area contributed by atoms with Gasteiger partial charge >= 0.3 is 6.09 Å². The van der Waals surface area contributed by atoms with Gasteiger partial charge in [0.2, 0.25) is 0 Å². The fraction of sp³-hybridized carbons (Fsp3) is 0.462. The van der Waals surface area contributed by atoms with Crippen LogP contribution >= 0.6 is 0 Å². The second kappa shape index (κ2) is 5.71. The number of nitrogens with two attached hydrogens (primary N) is 1. The summed E-state index contributed by atoms with van der Waals surface area (Å²) in [6, 6.07) is 5.61. The van der Waals surface area contributed by atoms with Crippen molar-refractivity contribution < 1.29 is 14.5 Å². The number of hydrogen-bond acceptors (Lipinski definition) is 3. The summed E-state index contributed by atoms with van der Waals surface area (Å²) in [5, 5.41) is 8.99. The van der Waals surface area contributed by atoms with Crippen LogP contribution in [0.25, 0.3) is 0 Å². The minimum absolute atomic E-state index is 0.176. The maximum atomic E-state index is 11.4. The zero-order valence-electron chi connectivity index (χ0n) is 10.8. The molecule has 2 rings (SSSR count).